The zero-order chi connectivity index (χ0) is 11.1. The Morgan fingerprint density at radius 1 is 1.27 bits per heavy atom. The lowest BCUT2D eigenvalue weighted by Crippen LogP contribution is -2.25. The molecule has 2 atom stereocenters. The standard InChI is InChI=1S/C13H18OS/c1-9-4-10(2)6-12(5-9)13(14)7-11(3)15-8-13/h4-6,11,14H,7-8H2,1-3H3. The second kappa shape index (κ2) is 3.84. The van der Waals surface area contributed by atoms with Gasteiger partial charge in [0.05, 0.1) is 5.60 Å². The third kappa shape index (κ3) is 2.21. The molecule has 1 aromatic carbocycles. The number of thioether (sulfide) groups is 1. The monoisotopic (exact) mass is 222 g/mol. The highest BCUT2D eigenvalue weighted by Crippen LogP contribution is 2.41. The third-order valence-corrected chi connectivity index (χ3v) is 4.37. The van der Waals surface area contributed by atoms with E-state index in [1.165, 1.54) is 11.1 Å². The largest absolute Gasteiger partial charge is 0.384 e. The van der Waals surface area contributed by atoms with E-state index in [0.717, 1.165) is 17.7 Å². The zero-order valence-corrected chi connectivity index (χ0v) is 10.4. The van der Waals surface area contributed by atoms with Crippen LogP contribution in [0.15, 0.2) is 18.2 Å². The van der Waals surface area contributed by atoms with Gasteiger partial charge in [-0.1, -0.05) is 36.2 Å². The average molecular weight is 222 g/mol. The Kier molecular flexibility index (Phi) is 2.82. The van der Waals surface area contributed by atoms with Crippen molar-refractivity contribution >= 4 is 11.8 Å². The Balaban J connectivity index is 2.36. The van der Waals surface area contributed by atoms with Crippen molar-refractivity contribution in [1.29, 1.82) is 0 Å². The molecule has 0 aromatic heterocycles. The fraction of sp³-hybridized carbons (Fsp3) is 0.538. The van der Waals surface area contributed by atoms with Gasteiger partial charge in [-0.25, -0.2) is 0 Å². The summed E-state index contributed by atoms with van der Waals surface area (Å²) in [6.45, 7) is 6.36. The Labute approximate surface area is 95.9 Å². The van der Waals surface area contributed by atoms with Gasteiger partial charge in [0.1, 0.15) is 0 Å². The first-order valence-electron chi connectivity index (χ1n) is 5.42. The molecule has 0 amide bonds. The van der Waals surface area contributed by atoms with Crippen LogP contribution < -0.4 is 0 Å². The molecule has 0 radical (unpaired) electrons. The highest BCUT2D eigenvalue weighted by molar-refractivity contribution is 8.00. The smallest absolute Gasteiger partial charge is 0.0997 e. The molecule has 1 heterocycles. The predicted molar refractivity (Wildman–Crippen MR) is 66.3 cm³/mol. The molecule has 2 rings (SSSR count). The summed E-state index contributed by atoms with van der Waals surface area (Å²) in [5.41, 5.74) is 2.98. The Morgan fingerprint density at radius 3 is 2.33 bits per heavy atom. The van der Waals surface area contributed by atoms with Crippen LogP contribution in [0.25, 0.3) is 0 Å². The van der Waals surface area contributed by atoms with Crippen molar-refractivity contribution in [2.24, 2.45) is 0 Å². The molecule has 15 heavy (non-hydrogen) atoms. The summed E-state index contributed by atoms with van der Waals surface area (Å²) >= 11 is 1.86. The van der Waals surface area contributed by atoms with Crippen molar-refractivity contribution in [2.45, 2.75) is 38.0 Å². The van der Waals surface area contributed by atoms with Gasteiger partial charge < -0.3 is 5.11 Å². The number of aryl methyl sites for hydroxylation is 2. The Hall–Kier alpha value is -0.470. The van der Waals surface area contributed by atoms with Crippen molar-refractivity contribution in [1.82, 2.24) is 0 Å². The first-order chi connectivity index (χ1) is 6.99. The van der Waals surface area contributed by atoms with Crippen LogP contribution >= 0.6 is 11.8 Å². The van der Waals surface area contributed by atoms with Gasteiger partial charge >= 0.3 is 0 Å². The molecule has 1 aliphatic heterocycles. The molecule has 1 aromatic rings. The topological polar surface area (TPSA) is 20.2 Å². The molecule has 82 valence electrons. The summed E-state index contributed by atoms with van der Waals surface area (Å²) in [6, 6.07) is 6.38. The Bertz CT molecular complexity index is 355. The summed E-state index contributed by atoms with van der Waals surface area (Å²) in [6.07, 6.45) is 0.876. The molecule has 2 unspecified atom stereocenters. The highest BCUT2D eigenvalue weighted by atomic mass is 32.2. The third-order valence-electron chi connectivity index (χ3n) is 2.99. The maximum atomic E-state index is 10.6. The van der Waals surface area contributed by atoms with E-state index < -0.39 is 5.60 Å². The lowest BCUT2D eigenvalue weighted by Gasteiger charge is -2.23. The second-order valence-corrected chi connectivity index (χ2v) is 6.16. The van der Waals surface area contributed by atoms with Crippen molar-refractivity contribution in [2.75, 3.05) is 5.75 Å². The van der Waals surface area contributed by atoms with E-state index in [1.54, 1.807) is 0 Å². The van der Waals surface area contributed by atoms with E-state index in [-0.39, 0.29) is 0 Å². The van der Waals surface area contributed by atoms with Crippen LogP contribution in [-0.2, 0) is 5.60 Å². The number of aliphatic hydroxyl groups is 1. The van der Waals surface area contributed by atoms with Gasteiger partial charge in [-0.15, -0.1) is 0 Å². The molecule has 1 nitrogen and oxygen atoms in total. The number of rotatable bonds is 1. The average Bonchev–Trinajstić information content (AvgIpc) is 2.46. The fourth-order valence-electron chi connectivity index (χ4n) is 2.32. The van der Waals surface area contributed by atoms with Crippen LogP contribution in [0.3, 0.4) is 0 Å². The molecule has 1 N–H and O–H groups in total. The summed E-state index contributed by atoms with van der Waals surface area (Å²) < 4.78 is 0. The van der Waals surface area contributed by atoms with Crippen LogP contribution in [0.5, 0.6) is 0 Å². The van der Waals surface area contributed by atoms with E-state index in [1.807, 2.05) is 11.8 Å². The minimum atomic E-state index is -0.596. The lowest BCUT2D eigenvalue weighted by atomic mass is 9.89. The van der Waals surface area contributed by atoms with E-state index in [4.69, 9.17) is 0 Å². The maximum absolute atomic E-state index is 10.6. The van der Waals surface area contributed by atoms with Crippen LogP contribution in [0.1, 0.15) is 30.0 Å². The van der Waals surface area contributed by atoms with Crippen molar-refractivity contribution < 1.29 is 5.11 Å². The number of benzene rings is 1. The van der Waals surface area contributed by atoms with Crippen LogP contribution in [0, 0.1) is 13.8 Å². The van der Waals surface area contributed by atoms with Gasteiger partial charge in [-0.2, -0.15) is 11.8 Å². The zero-order valence-electron chi connectivity index (χ0n) is 9.58. The number of hydrogen-bond acceptors (Lipinski definition) is 2. The van der Waals surface area contributed by atoms with E-state index in [0.29, 0.717) is 5.25 Å². The molecule has 0 saturated carbocycles. The van der Waals surface area contributed by atoms with E-state index >= 15 is 0 Å². The van der Waals surface area contributed by atoms with Crippen LogP contribution in [-0.4, -0.2) is 16.1 Å². The first kappa shape index (κ1) is 11.0. The first-order valence-corrected chi connectivity index (χ1v) is 6.47. The SMILES string of the molecule is Cc1cc(C)cc(C2(O)CSC(C)C2)c1. The van der Waals surface area contributed by atoms with Gasteiger partial charge in [0.15, 0.2) is 0 Å². The summed E-state index contributed by atoms with van der Waals surface area (Å²) in [4.78, 5) is 0. The second-order valence-electron chi connectivity index (χ2n) is 4.73. The van der Waals surface area contributed by atoms with Crippen molar-refractivity contribution in [3.63, 3.8) is 0 Å². The predicted octanol–water partition coefficient (Wildman–Crippen LogP) is 3.02. The molecule has 0 spiro atoms. The van der Waals surface area contributed by atoms with Gasteiger partial charge in [-0.3, -0.25) is 0 Å². The molecule has 2 heteroatoms. The molecule has 1 aliphatic rings. The number of hydrogen-bond donors (Lipinski definition) is 1. The summed E-state index contributed by atoms with van der Waals surface area (Å²) in [5.74, 6) is 0.830. The molecule has 1 fully saturated rings. The molecular formula is C13H18OS. The molecular weight excluding hydrogens is 204 g/mol. The van der Waals surface area contributed by atoms with Gasteiger partial charge in [0.2, 0.25) is 0 Å². The summed E-state index contributed by atoms with van der Waals surface area (Å²) in [5, 5.41) is 11.1. The molecule has 1 saturated heterocycles. The van der Waals surface area contributed by atoms with Gasteiger partial charge in [0, 0.05) is 11.0 Å². The van der Waals surface area contributed by atoms with Crippen LogP contribution in [0.2, 0.25) is 0 Å². The maximum Gasteiger partial charge on any atom is 0.0997 e. The molecule has 0 bridgehead atoms. The summed E-state index contributed by atoms with van der Waals surface area (Å²) in [7, 11) is 0. The Morgan fingerprint density at radius 2 is 1.87 bits per heavy atom. The van der Waals surface area contributed by atoms with Gasteiger partial charge in [-0.05, 0) is 25.8 Å². The normalized spacial score (nSPS) is 30.8. The van der Waals surface area contributed by atoms with Crippen molar-refractivity contribution in [3.05, 3.63) is 34.9 Å². The van der Waals surface area contributed by atoms with E-state index in [9.17, 15) is 5.11 Å². The highest BCUT2D eigenvalue weighted by Gasteiger charge is 2.37. The van der Waals surface area contributed by atoms with Crippen LogP contribution in [0.4, 0.5) is 0 Å². The quantitative estimate of drug-likeness (QED) is 0.788. The minimum absolute atomic E-state index is 0.566. The minimum Gasteiger partial charge on any atom is -0.384 e. The van der Waals surface area contributed by atoms with Gasteiger partial charge in [0.25, 0.3) is 0 Å². The lowest BCUT2D eigenvalue weighted by molar-refractivity contribution is 0.0611. The fourth-order valence-corrected chi connectivity index (χ4v) is 3.56. The molecule has 0 aliphatic carbocycles. The van der Waals surface area contributed by atoms with Crippen molar-refractivity contribution in [3.8, 4) is 0 Å². The van der Waals surface area contributed by atoms with E-state index in [2.05, 4.69) is 39.0 Å².